The first kappa shape index (κ1) is 18.0. The van der Waals surface area contributed by atoms with Gasteiger partial charge in [0.1, 0.15) is 18.2 Å². The van der Waals surface area contributed by atoms with E-state index in [1.165, 1.54) is 0 Å². The monoisotopic (exact) mass is 365 g/mol. The lowest BCUT2D eigenvalue weighted by molar-refractivity contribution is 0.0731. The Balaban J connectivity index is 1.13. The molecule has 0 radical (unpaired) electrons. The van der Waals surface area contributed by atoms with Gasteiger partial charge in [0.05, 0.1) is 24.2 Å². The lowest BCUT2D eigenvalue weighted by Crippen LogP contribution is -2.35. The number of rotatable bonds is 8. The maximum atomic E-state index is 5.72. The Bertz CT molecular complexity index is 793. The van der Waals surface area contributed by atoms with Gasteiger partial charge >= 0.3 is 0 Å². The van der Waals surface area contributed by atoms with E-state index in [2.05, 4.69) is 28.1 Å². The van der Waals surface area contributed by atoms with Crippen molar-refractivity contribution in [2.75, 3.05) is 39.5 Å². The maximum Gasteiger partial charge on any atom is 0.119 e. The molecule has 0 aliphatic carbocycles. The van der Waals surface area contributed by atoms with E-state index in [-0.39, 0.29) is 0 Å². The number of aromatic nitrogens is 2. The summed E-state index contributed by atoms with van der Waals surface area (Å²) in [5.74, 6) is 2.58. The van der Waals surface area contributed by atoms with Gasteiger partial charge in [-0.3, -0.25) is 0 Å². The second-order valence-electron chi connectivity index (χ2n) is 7.03. The van der Waals surface area contributed by atoms with Gasteiger partial charge < -0.3 is 19.4 Å². The summed E-state index contributed by atoms with van der Waals surface area (Å²) in [5.41, 5.74) is 2.21. The number of nitrogens with one attached hydrogen (secondary N) is 1. The summed E-state index contributed by atoms with van der Waals surface area (Å²) in [7, 11) is 0. The highest BCUT2D eigenvalue weighted by molar-refractivity contribution is 5.74. The van der Waals surface area contributed by atoms with E-state index in [1.54, 1.807) is 0 Å². The van der Waals surface area contributed by atoms with Crippen molar-refractivity contribution in [1.29, 1.82) is 0 Å². The zero-order chi connectivity index (χ0) is 18.3. The molecule has 0 bridgehead atoms. The van der Waals surface area contributed by atoms with Gasteiger partial charge in [0, 0.05) is 12.5 Å². The summed E-state index contributed by atoms with van der Waals surface area (Å²) in [6.07, 6.45) is 2.30. The van der Waals surface area contributed by atoms with Crippen LogP contribution in [0.4, 0.5) is 0 Å². The molecule has 142 valence electrons. The molecular weight excluding hydrogens is 338 g/mol. The molecule has 1 saturated heterocycles. The summed E-state index contributed by atoms with van der Waals surface area (Å²) in [6.45, 7) is 5.17. The molecule has 5 heteroatoms. The predicted molar refractivity (Wildman–Crippen MR) is 107 cm³/mol. The van der Waals surface area contributed by atoms with Crippen LogP contribution in [0.1, 0.15) is 24.6 Å². The Labute approximate surface area is 160 Å². The highest BCUT2D eigenvalue weighted by atomic mass is 16.5. The first-order valence-corrected chi connectivity index (χ1v) is 9.81. The zero-order valence-electron chi connectivity index (χ0n) is 15.6. The molecule has 0 unspecified atom stereocenters. The van der Waals surface area contributed by atoms with Gasteiger partial charge in [-0.2, -0.15) is 0 Å². The fourth-order valence-electron chi connectivity index (χ4n) is 3.63. The molecule has 0 spiro atoms. The second kappa shape index (κ2) is 9.02. The molecule has 4 rings (SSSR count). The van der Waals surface area contributed by atoms with Gasteiger partial charge in [0.25, 0.3) is 0 Å². The normalized spacial score (nSPS) is 16.0. The van der Waals surface area contributed by atoms with Gasteiger partial charge in [0.15, 0.2) is 0 Å². The molecule has 0 amide bonds. The Morgan fingerprint density at radius 2 is 1.70 bits per heavy atom. The third-order valence-corrected chi connectivity index (χ3v) is 5.17. The van der Waals surface area contributed by atoms with Crippen LogP contribution in [0.2, 0.25) is 0 Å². The number of ether oxygens (including phenoxy) is 2. The fourth-order valence-corrected chi connectivity index (χ4v) is 3.63. The van der Waals surface area contributed by atoms with Gasteiger partial charge in [0.2, 0.25) is 0 Å². The molecule has 0 saturated carbocycles. The Morgan fingerprint density at radius 1 is 0.926 bits per heavy atom. The Hall–Kier alpha value is -2.37. The van der Waals surface area contributed by atoms with Crippen LogP contribution in [0.25, 0.3) is 11.0 Å². The number of piperidine rings is 1. The topological polar surface area (TPSA) is 50.4 Å². The molecule has 27 heavy (non-hydrogen) atoms. The van der Waals surface area contributed by atoms with Gasteiger partial charge in [-0.25, -0.2) is 4.98 Å². The van der Waals surface area contributed by atoms with Crippen molar-refractivity contribution in [3.05, 3.63) is 60.4 Å². The van der Waals surface area contributed by atoms with Crippen LogP contribution in [0.5, 0.6) is 5.75 Å². The molecule has 0 atom stereocenters. The van der Waals surface area contributed by atoms with Crippen LogP contribution < -0.4 is 4.74 Å². The van der Waals surface area contributed by atoms with E-state index in [1.807, 2.05) is 36.4 Å². The first-order valence-electron chi connectivity index (χ1n) is 9.81. The lowest BCUT2D eigenvalue weighted by Gasteiger charge is -2.30. The van der Waals surface area contributed by atoms with Crippen LogP contribution in [0.15, 0.2) is 54.6 Å². The second-order valence-corrected chi connectivity index (χ2v) is 7.03. The molecule has 1 aliphatic heterocycles. The third kappa shape index (κ3) is 4.87. The number of fused-ring (bicyclic) bond motifs is 1. The minimum absolute atomic E-state index is 0.536. The number of benzene rings is 2. The minimum Gasteiger partial charge on any atom is -0.491 e. The minimum atomic E-state index is 0.536. The van der Waals surface area contributed by atoms with Crippen molar-refractivity contribution in [3.63, 3.8) is 0 Å². The quantitative estimate of drug-likeness (QED) is 0.616. The molecule has 1 fully saturated rings. The average Bonchev–Trinajstić information content (AvgIpc) is 3.16. The number of likely N-dealkylation sites (tertiary alicyclic amines) is 1. The zero-order valence-corrected chi connectivity index (χ0v) is 15.6. The summed E-state index contributed by atoms with van der Waals surface area (Å²) >= 11 is 0. The first-order chi connectivity index (χ1) is 13.4. The third-order valence-electron chi connectivity index (χ3n) is 5.17. The molecule has 2 aromatic carbocycles. The van der Waals surface area contributed by atoms with E-state index in [0.29, 0.717) is 19.1 Å². The molecule has 5 nitrogen and oxygen atoms in total. The maximum absolute atomic E-state index is 5.72. The van der Waals surface area contributed by atoms with Crippen LogP contribution >= 0.6 is 0 Å². The van der Waals surface area contributed by atoms with Gasteiger partial charge in [-0.15, -0.1) is 0 Å². The number of nitrogens with zero attached hydrogens (tertiary/aromatic N) is 2. The van der Waals surface area contributed by atoms with Crippen LogP contribution in [-0.2, 0) is 4.74 Å². The number of hydrogen-bond donors (Lipinski definition) is 1. The van der Waals surface area contributed by atoms with Crippen LogP contribution in [-0.4, -0.2) is 54.3 Å². The number of imidazole rings is 1. The number of hydrogen-bond acceptors (Lipinski definition) is 4. The summed E-state index contributed by atoms with van der Waals surface area (Å²) in [6, 6.07) is 18.1. The van der Waals surface area contributed by atoms with E-state index in [0.717, 1.165) is 61.7 Å². The highest BCUT2D eigenvalue weighted by Crippen LogP contribution is 2.27. The lowest BCUT2D eigenvalue weighted by atomic mass is 9.96. The number of H-pyrrole nitrogens is 1. The number of para-hydroxylation sites is 3. The summed E-state index contributed by atoms with van der Waals surface area (Å²) in [4.78, 5) is 10.7. The van der Waals surface area contributed by atoms with E-state index in [9.17, 15) is 0 Å². The predicted octanol–water partition coefficient (Wildman–Crippen LogP) is 3.84. The Kier molecular flexibility index (Phi) is 6.02. The molecule has 3 aromatic rings. The van der Waals surface area contributed by atoms with Gasteiger partial charge in [-0.05, 0) is 50.2 Å². The molecule has 1 aromatic heterocycles. The van der Waals surface area contributed by atoms with E-state index >= 15 is 0 Å². The molecule has 1 aliphatic rings. The number of aromatic amines is 1. The summed E-state index contributed by atoms with van der Waals surface area (Å²) in [5, 5.41) is 0. The van der Waals surface area contributed by atoms with Gasteiger partial charge in [-0.1, -0.05) is 30.3 Å². The van der Waals surface area contributed by atoms with E-state index < -0.39 is 0 Å². The smallest absolute Gasteiger partial charge is 0.119 e. The van der Waals surface area contributed by atoms with Crippen molar-refractivity contribution >= 4 is 11.0 Å². The van der Waals surface area contributed by atoms with Crippen molar-refractivity contribution in [1.82, 2.24) is 14.9 Å². The van der Waals surface area contributed by atoms with Crippen LogP contribution in [0, 0.1) is 0 Å². The van der Waals surface area contributed by atoms with Crippen molar-refractivity contribution in [3.8, 4) is 5.75 Å². The highest BCUT2D eigenvalue weighted by Gasteiger charge is 2.22. The molecule has 1 N–H and O–H groups in total. The van der Waals surface area contributed by atoms with Crippen molar-refractivity contribution < 1.29 is 9.47 Å². The molecular formula is C22H27N3O2. The SMILES string of the molecule is c1ccc(OCCOCCN2CCC(c3nc4ccccc4[nH]3)CC2)cc1. The largest absolute Gasteiger partial charge is 0.491 e. The van der Waals surface area contributed by atoms with Crippen molar-refractivity contribution in [2.45, 2.75) is 18.8 Å². The van der Waals surface area contributed by atoms with Crippen molar-refractivity contribution in [2.24, 2.45) is 0 Å². The standard InChI is InChI=1S/C22H27N3O2/c1-2-6-19(7-3-1)27-17-16-26-15-14-25-12-10-18(11-13-25)22-23-20-8-4-5-9-21(20)24-22/h1-9,18H,10-17H2,(H,23,24). The summed E-state index contributed by atoms with van der Waals surface area (Å²) < 4.78 is 11.4. The van der Waals surface area contributed by atoms with Crippen LogP contribution in [0.3, 0.4) is 0 Å². The Morgan fingerprint density at radius 3 is 2.52 bits per heavy atom. The molecule has 2 heterocycles. The fraction of sp³-hybridized carbons (Fsp3) is 0.409. The average molecular weight is 365 g/mol. The van der Waals surface area contributed by atoms with E-state index in [4.69, 9.17) is 14.5 Å².